The molecule has 0 fully saturated rings. The minimum absolute atomic E-state index is 0.172. The number of benzene rings is 2. The lowest BCUT2D eigenvalue weighted by Crippen LogP contribution is -2.18. The van der Waals surface area contributed by atoms with E-state index in [4.69, 9.17) is 4.74 Å². The van der Waals surface area contributed by atoms with Crippen molar-refractivity contribution in [3.63, 3.8) is 0 Å². The second-order valence-electron chi connectivity index (χ2n) is 5.50. The molecule has 0 radical (unpaired) electrons. The first-order chi connectivity index (χ1) is 11.3. The number of cyclic esters (lactones) is 1. The van der Waals surface area contributed by atoms with E-state index in [1.54, 1.807) is 11.8 Å². The van der Waals surface area contributed by atoms with Gasteiger partial charge in [-0.1, -0.05) is 49.4 Å². The maximum absolute atomic E-state index is 12.2. The monoisotopic (exact) mass is 324 g/mol. The van der Waals surface area contributed by atoms with Crippen LogP contribution >= 0.6 is 11.8 Å². The summed E-state index contributed by atoms with van der Waals surface area (Å²) in [6.07, 6.45) is 1.82. The van der Waals surface area contributed by atoms with Crippen LogP contribution in [0.5, 0.6) is 0 Å². The molecule has 0 unspecified atom stereocenters. The number of hydrogen-bond acceptors (Lipinski definition) is 3. The van der Waals surface area contributed by atoms with Crippen molar-refractivity contribution in [2.75, 3.05) is 12.4 Å². The van der Waals surface area contributed by atoms with Crippen LogP contribution in [-0.4, -0.2) is 18.3 Å². The highest BCUT2D eigenvalue weighted by atomic mass is 32.2. The van der Waals surface area contributed by atoms with Gasteiger partial charge in [0.25, 0.3) is 0 Å². The predicted octanol–water partition coefficient (Wildman–Crippen LogP) is 4.74. The van der Waals surface area contributed by atoms with Gasteiger partial charge in [-0.2, -0.15) is 0 Å². The number of carbonyl (C=O) groups is 1. The fourth-order valence-corrected chi connectivity index (χ4v) is 3.64. The Morgan fingerprint density at radius 3 is 2.48 bits per heavy atom. The molecule has 0 N–H and O–H groups in total. The van der Waals surface area contributed by atoms with E-state index >= 15 is 0 Å². The number of carbonyl (C=O) groups excluding carboxylic acids is 1. The Morgan fingerprint density at radius 2 is 1.78 bits per heavy atom. The molecule has 1 aliphatic rings. The summed E-state index contributed by atoms with van der Waals surface area (Å²) in [6, 6.07) is 18.7. The molecule has 1 aliphatic heterocycles. The fourth-order valence-electron chi connectivity index (χ4n) is 2.69. The van der Waals surface area contributed by atoms with Crippen molar-refractivity contribution in [1.82, 2.24) is 0 Å². The van der Waals surface area contributed by atoms with Crippen molar-refractivity contribution in [2.24, 2.45) is 0 Å². The van der Waals surface area contributed by atoms with Gasteiger partial charge in [-0.15, -0.1) is 11.8 Å². The molecule has 2 aromatic rings. The van der Waals surface area contributed by atoms with Crippen LogP contribution in [0.2, 0.25) is 0 Å². The van der Waals surface area contributed by atoms with Gasteiger partial charge in [0, 0.05) is 17.1 Å². The lowest BCUT2D eigenvalue weighted by atomic mass is 9.95. The Bertz CT molecular complexity index is 702. The average molecular weight is 324 g/mol. The van der Waals surface area contributed by atoms with Gasteiger partial charge in [-0.3, -0.25) is 0 Å². The number of hydrogen-bond donors (Lipinski definition) is 0. The highest BCUT2D eigenvalue weighted by molar-refractivity contribution is 7.99. The molecule has 3 heteroatoms. The topological polar surface area (TPSA) is 26.3 Å². The van der Waals surface area contributed by atoms with E-state index in [9.17, 15) is 4.79 Å². The van der Waals surface area contributed by atoms with Crippen LogP contribution in [0.25, 0.3) is 5.57 Å². The Labute approximate surface area is 141 Å². The largest absolute Gasteiger partial charge is 0.462 e. The van der Waals surface area contributed by atoms with Gasteiger partial charge in [0.05, 0.1) is 12.2 Å². The zero-order chi connectivity index (χ0) is 16.1. The van der Waals surface area contributed by atoms with E-state index in [1.807, 2.05) is 18.2 Å². The third-order valence-corrected chi connectivity index (χ3v) is 5.07. The summed E-state index contributed by atoms with van der Waals surface area (Å²) < 4.78 is 5.27. The molecule has 3 rings (SSSR count). The quantitative estimate of drug-likeness (QED) is 0.587. The van der Waals surface area contributed by atoms with E-state index in [-0.39, 0.29) is 5.97 Å². The fraction of sp³-hybridized carbons (Fsp3) is 0.250. The molecule has 118 valence electrons. The summed E-state index contributed by atoms with van der Waals surface area (Å²) in [5, 5.41) is 0. The third kappa shape index (κ3) is 3.85. The smallest absolute Gasteiger partial charge is 0.335 e. The maximum atomic E-state index is 12.2. The molecule has 23 heavy (non-hydrogen) atoms. The molecule has 0 aromatic heterocycles. The highest BCUT2D eigenvalue weighted by Gasteiger charge is 2.23. The normalized spacial score (nSPS) is 14.7. The Balaban J connectivity index is 1.86. The van der Waals surface area contributed by atoms with E-state index in [0.717, 1.165) is 29.6 Å². The molecule has 0 spiro atoms. The van der Waals surface area contributed by atoms with Crippen LogP contribution in [0, 0.1) is 0 Å². The second-order valence-corrected chi connectivity index (χ2v) is 6.54. The first kappa shape index (κ1) is 15.9. The van der Waals surface area contributed by atoms with Crippen molar-refractivity contribution in [1.29, 1.82) is 0 Å². The summed E-state index contributed by atoms with van der Waals surface area (Å²) in [5.41, 5.74) is 4.39. The van der Waals surface area contributed by atoms with Crippen LogP contribution in [0.15, 0.2) is 65.1 Å². The van der Waals surface area contributed by atoms with Crippen molar-refractivity contribution < 1.29 is 9.53 Å². The standard InChI is InChI=1S/C20H20O2S/c1-2-15-8-10-16(11-9-15)18-12-13-22-20(21)19(18)14-23-17-6-4-3-5-7-17/h3-11H,2,12-14H2,1H3. The summed E-state index contributed by atoms with van der Waals surface area (Å²) >= 11 is 1.68. The van der Waals surface area contributed by atoms with Crippen molar-refractivity contribution in [3.05, 3.63) is 71.3 Å². The number of ether oxygens (including phenoxy) is 1. The summed E-state index contributed by atoms with van der Waals surface area (Å²) in [6.45, 7) is 2.62. The number of esters is 1. The zero-order valence-corrected chi connectivity index (χ0v) is 14.1. The molecular weight excluding hydrogens is 304 g/mol. The molecule has 2 nitrogen and oxygen atoms in total. The van der Waals surface area contributed by atoms with Gasteiger partial charge in [0.2, 0.25) is 0 Å². The first-order valence-electron chi connectivity index (χ1n) is 7.94. The summed E-state index contributed by atoms with van der Waals surface area (Å²) in [5.74, 6) is 0.475. The molecule has 0 saturated carbocycles. The van der Waals surface area contributed by atoms with E-state index in [2.05, 4.69) is 43.3 Å². The first-order valence-corrected chi connectivity index (χ1v) is 8.93. The Morgan fingerprint density at radius 1 is 1.04 bits per heavy atom. The molecule has 0 saturated heterocycles. The third-order valence-electron chi connectivity index (χ3n) is 4.03. The Hall–Kier alpha value is -2.00. The second kappa shape index (κ2) is 7.51. The SMILES string of the molecule is CCc1ccc(C2=C(CSc3ccccc3)C(=O)OCC2)cc1. The van der Waals surface area contributed by atoms with Crippen LogP contribution < -0.4 is 0 Å². The summed E-state index contributed by atoms with van der Waals surface area (Å²) in [7, 11) is 0. The van der Waals surface area contributed by atoms with Gasteiger partial charge < -0.3 is 4.74 Å². The molecule has 0 bridgehead atoms. The van der Waals surface area contributed by atoms with Gasteiger partial charge >= 0.3 is 5.97 Å². The van der Waals surface area contributed by atoms with Crippen LogP contribution in [-0.2, 0) is 16.0 Å². The van der Waals surface area contributed by atoms with E-state index in [0.29, 0.717) is 12.4 Å². The maximum Gasteiger partial charge on any atom is 0.335 e. The van der Waals surface area contributed by atoms with E-state index in [1.165, 1.54) is 10.5 Å². The molecule has 2 aromatic carbocycles. The number of thioether (sulfide) groups is 1. The van der Waals surface area contributed by atoms with Gasteiger partial charge in [-0.05, 0) is 35.3 Å². The van der Waals surface area contributed by atoms with Crippen molar-refractivity contribution >= 4 is 23.3 Å². The lowest BCUT2D eigenvalue weighted by Gasteiger charge is -2.20. The molecule has 1 heterocycles. The van der Waals surface area contributed by atoms with Crippen molar-refractivity contribution in [2.45, 2.75) is 24.7 Å². The minimum Gasteiger partial charge on any atom is -0.462 e. The minimum atomic E-state index is -0.172. The van der Waals surface area contributed by atoms with Gasteiger partial charge in [-0.25, -0.2) is 4.79 Å². The molecule has 0 atom stereocenters. The van der Waals surface area contributed by atoms with Crippen LogP contribution in [0.4, 0.5) is 0 Å². The number of aryl methyl sites for hydroxylation is 1. The number of rotatable bonds is 5. The predicted molar refractivity (Wildman–Crippen MR) is 95.5 cm³/mol. The molecule has 0 amide bonds. The average Bonchev–Trinajstić information content (AvgIpc) is 2.61. The molecular formula is C20H20O2S. The van der Waals surface area contributed by atoms with Gasteiger partial charge in [0.15, 0.2) is 0 Å². The Kier molecular flexibility index (Phi) is 5.19. The lowest BCUT2D eigenvalue weighted by molar-refractivity contribution is -0.139. The van der Waals surface area contributed by atoms with E-state index < -0.39 is 0 Å². The zero-order valence-electron chi connectivity index (χ0n) is 13.2. The van der Waals surface area contributed by atoms with Gasteiger partial charge in [0.1, 0.15) is 0 Å². The summed E-state index contributed by atoms with van der Waals surface area (Å²) in [4.78, 5) is 13.4. The highest BCUT2D eigenvalue weighted by Crippen LogP contribution is 2.31. The van der Waals surface area contributed by atoms with Crippen LogP contribution in [0.3, 0.4) is 0 Å². The van der Waals surface area contributed by atoms with Crippen molar-refractivity contribution in [3.8, 4) is 0 Å². The van der Waals surface area contributed by atoms with Crippen LogP contribution in [0.1, 0.15) is 24.5 Å². The molecule has 0 aliphatic carbocycles.